The van der Waals surface area contributed by atoms with Crippen LogP contribution in [0.3, 0.4) is 0 Å². The summed E-state index contributed by atoms with van der Waals surface area (Å²) in [6.07, 6.45) is 5.29. The van der Waals surface area contributed by atoms with Crippen LogP contribution < -0.4 is 10.2 Å². The molecule has 0 bridgehead atoms. The second-order valence-corrected chi connectivity index (χ2v) is 8.50. The normalized spacial score (nSPS) is 15.8. The van der Waals surface area contributed by atoms with Crippen LogP contribution in [-0.4, -0.2) is 34.5 Å². The Morgan fingerprint density at radius 2 is 2.06 bits per heavy atom. The van der Waals surface area contributed by atoms with E-state index in [1.807, 2.05) is 41.3 Å². The number of benzene rings is 2. The number of carbonyl (C=O) groups excluding carboxylic acids is 1. The lowest BCUT2D eigenvalue weighted by atomic mass is 10.0. The zero-order chi connectivity index (χ0) is 25.2. The van der Waals surface area contributed by atoms with Gasteiger partial charge in [-0.3, -0.25) is 4.79 Å². The number of aldehydes is 1. The standard InChI is InChI=1S/C27H22F2N6O/c1-31-23-12-19(5-4-18(23)11-17(14-30)16-36)25-15-32-26-8-9-27(33-35(25)26)34-10-2-3-24(34)21-13-20(28)6-7-22(21)29/h4-9,11-13,15-16,24,31H,2-3,10H2,1H3/b17-11-. The molecular formula is C27H22F2N6O. The Labute approximate surface area is 206 Å². The van der Waals surface area contributed by atoms with E-state index in [0.717, 1.165) is 29.4 Å². The first-order valence-electron chi connectivity index (χ1n) is 11.5. The second kappa shape index (κ2) is 9.58. The molecule has 0 aliphatic carbocycles. The average molecular weight is 485 g/mol. The van der Waals surface area contributed by atoms with Gasteiger partial charge < -0.3 is 10.2 Å². The van der Waals surface area contributed by atoms with Crippen LogP contribution in [-0.2, 0) is 4.79 Å². The highest BCUT2D eigenvalue weighted by Crippen LogP contribution is 2.37. The molecule has 0 saturated carbocycles. The molecule has 1 unspecified atom stereocenters. The predicted octanol–water partition coefficient (Wildman–Crippen LogP) is 5.16. The first-order valence-corrected chi connectivity index (χ1v) is 11.5. The molecule has 180 valence electrons. The van der Waals surface area contributed by atoms with Gasteiger partial charge in [-0.2, -0.15) is 5.26 Å². The number of fused-ring (bicyclic) bond motifs is 1. The Morgan fingerprint density at radius 3 is 2.83 bits per heavy atom. The Balaban J connectivity index is 1.54. The van der Waals surface area contributed by atoms with Gasteiger partial charge in [0.2, 0.25) is 0 Å². The molecule has 1 N–H and O–H groups in total. The van der Waals surface area contributed by atoms with Gasteiger partial charge in [0, 0.05) is 30.4 Å². The van der Waals surface area contributed by atoms with Gasteiger partial charge in [-0.1, -0.05) is 12.1 Å². The number of nitrogens with one attached hydrogen (secondary N) is 1. The van der Waals surface area contributed by atoms with Gasteiger partial charge in [0.05, 0.1) is 23.5 Å². The number of nitriles is 1. The Kier molecular flexibility index (Phi) is 6.17. The van der Waals surface area contributed by atoms with Gasteiger partial charge in [0.15, 0.2) is 11.9 Å². The fourth-order valence-electron chi connectivity index (χ4n) is 4.67. The van der Waals surface area contributed by atoms with Gasteiger partial charge in [-0.05, 0) is 60.9 Å². The summed E-state index contributed by atoms with van der Waals surface area (Å²) >= 11 is 0. The van der Waals surface area contributed by atoms with E-state index in [2.05, 4.69) is 10.3 Å². The maximum absolute atomic E-state index is 14.6. The number of halogens is 2. The second-order valence-electron chi connectivity index (χ2n) is 8.50. The summed E-state index contributed by atoms with van der Waals surface area (Å²) in [6, 6.07) is 14.4. The fraction of sp³-hybridized carbons (Fsp3) is 0.185. The summed E-state index contributed by atoms with van der Waals surface area (Å²) in [5.74, 6) is -0.251. The molecule has 4 aromatic rings. The number of aromatic nitrogens is 3. The summed E-state index contributed by atoms with van der Waals surface area (Å²) in [5, 5.41) is 17.0. The highest BCUT2D eigenvalue weighted by atomic mass is 19.1. The van der Waals surface area contributed by atoms with E-state index in [9.17, 15) is 13.6 Å². The van der Waals surface area contributed by atoms with Crippen molar-refractivity contribution in [1.82, 2.24) is 14.6 Å². The van der Waals surface area contributed by atoms with Crippen molar-refractivity contribution >= 4 is 29.5 Å². The number of allylic oxidation sites excluding steroid dienone is 1. The van der Waals surface area contributed by atoms with Crippen LogP contribution in [0, 0.1) is 23.0 Å². The molecule has 0 spiro atoms. The number of hydrogen-bond donors (Lipinski definition) is 1. The van der Waals surface area contributed by atoms with Gasteiger partial charge in [0.25, 0.3) is 0 Å². The molecule has 0 radical (unpaired) electrons. The maximum Gasteiger partial charge on any atom is 0.160 e. The lowest BCUT2D eigenvalue weighted by Crippen LogP contribution is -2.25. The minimum atomic E-state index is -0.466. The lowest BCUT2D eigenvalue weighted by Gasteiger charge is -2.26. The number of carbonyl (C=O) groups is 1. The van der Waals surface area contributed by atoms with E-state index < -0.39 is 11.6 Å². The first kappa shape index (κ1) is 23.2. The first-order chi connectivity index (χ1) is 17.5. The van der Waals surface area contributed by atoms with E-state index in [1.54, 1.807) is 17.8 Å². The van der Waals surface area contributed by atoms with Crippen LogP contribution in [0.15, 0.2) is 60.3 Å². The van der Waals surface area contributed by atoms with Gasteiger partial charge in [0.1, 0.15) is 23.5 Å². The third-order valence-corrected chi connectivity index (χ3v) is 6.40. The van der Waals surface area contributed by atoms with Crippen LogP contribution >= 0.6 is 0 Å². The third-order valence-electron chi connectivity index (χ3n) is 6.40. The molecular weight excluding hydrogens is 462 g/mol. The minimum absolute atomic E-state index is 0.0234. The number of anilines is 2. The molecule has 7 nitrogen and oxygen atoms in total. The summed E-state index contributed by atoms with van der Waals surface area (Å²) < 4.78 is 30.2. The topological polar surface area (TPSA) is 86.3 Å². The largest absolute Gasteiger partial charge is 0.388 e. The Hall–Kier alpha value is -4.58. The molecule has 0 amide bonds. The Bertz CT molecular complexity index is 1540. The molecule has 3 heterocycles. The van der Waals surface area contributed by atoms with E-state index in [1.165, 1.54) is 18.2 Å². The average Bonchev–Trinajstić information content (AvgIpc) is 3.55. The molecule has 9 heteroatoms. The maximum atomic E-state index is 14.6. The van der Waals surface area contributed by atoms with Crippen LogP contribution in [0.2, 0.25) is 0 Å². The van der Waals surface area contributed by atoms with E-state index in [4.69, 9.17) is 10.4 Å². The smallest absolute Gasteiger partial charge is 0.160 e. The SMILES string of the molecule is CNc1cc(-c2cnc3ccc(N4CCCC4c4cc(F)ccc4F)nn23)ccc1/C=C(/C#N)C=O. The van der Waals surface area contributed by atoms with Crippen molar-refractivity contribution in [2.24, 2.45) is 0 Å². The monoisotopic (exact) mass is 484 g/mol. The molecule has 5 rings (SSSR count). The van der Waals surface area contributed by atoms with Crippen molar-refractivity contribution in [2.75, 3.05) is 23.8 Å². The summed E-state index contributed by atoms with van der Waals surface area (Å²) in [7, 11) is 1.76. The molecule has 1 saturated heterocycles. The molecule has 2 aromatic carbocycles. The van der Waals surface area contributed by atoms with Crippen LogP contribution in [0.5, 0.6) is 0 Å². The van der Waals surface area contributed by atoms with Gasteiger partial charge >= 0.3 is 0 Å². The lowest BCUT2D eigenvalue weighted by molar-refractivity contribution is -0.104. The third kappa shape index (κ3) is 4.18. The van der Waals surface area contributed by atoms with Crippen molar-refractivity contribution in [3.05, 3.63) is 83.1 Å². The van der Waals surface area contributed by atoms with Crippen LogP contribution in [0.25, 0.3) is 23.0 Å². The number of rotatable bonds is 6. The molecule has 36 heavy (non-hydrogen) atoms. The zero-order valence-electron chi connectivity index (χ0n) is 19.4. The van der Waals surface area contributed by atoms with Crippen molar-refractivity contribution in [1.29, 1.82) is 5.26 Å². The molecule has 1 aliphatic heterocycles. The number of nitrogens with zero attached hydrogens (tertiary/aromatic N) is 5. The Morgan fingerprint density at radius 1 is 1.19 bits per heavy atom. The van der Waals surface area contributed by atoms with E-state index in [-0.39, 0.29) is 11.6 Å². The molecule has 2 aromatic heterocycles. The quantitative estimate of drug-likeness (QED) is 0.231. The predicted molar refractivity (Wildman–Crippen MR) is 133 cm³/mol. The molecule has 1 atom stereocenters. The van der Waals surface area contributed by atoms with Crippen molar-refractivity contribution < 1.29 is 13.6 Å². The van der Waals surface area contributed by atoms with Gasteiger partial charge in [-0.15, -0.1) is 5.10 Å². The summed E-state index contributed by atoms with van der Waals surface area (Å²) in [6.45, 7) is 0.673. The minimum Gasteiger partial charge on any atom is -0.388 e. The van der Waals surface area contributed by atoms with Crippen LogP contribution in [0.4, 0.5) is 20.3 Å². The summed E-state index contributed by atoms with van der Waals surface area (Å²) in [4.78, 5) is 17.5. The van der Waals surface area contributed by atoms with E-state index >= 15 is 0 Å². The van der Waals surface area contributed by atoms with Crippen molar-refractivity contribution in [2.45, 2.75) is 18.9 Å². The highest BCUT2D eigenvalue weighted by Gasteiger charge is 2.30. The van der Waals surface area contributed by atoms with E-state index in [0.29, 0.717) is 41.8 Å². The van der Waals surface area contributed by atoms with Crippen molar-refractivity contribution in [3.63, 3.8) is 0 Å². The fourth-order valence-corrected chi connectivity index (χ4v) is 4.67. The zero-order valence-corrected chi connectivity index (χ0v) is 19.4. The highest BCUT2D eigenvalue weighted by molar-refractivity contribution is 5.89. The van der Waals surface area contributed by atoms with Crippen LogP contribution in [0.1, 0.15) is 30.0 Å². The molecule has 1 fully saturated rings. The van der Waals surface area contributed by atoms with Gasteiger partial charge in [-0.25, -0.2) is 18.3 Å². The number of hydrogen-bond acceptors (Lipinski definition) is 6. The summed E-state index contributed by atoms with van der Waals surface area (Å²) in [5.41, 5.74) is 3.99. The number of imidazole rings is 1. The molecule has 1 aliphatic rings. The van der Waals surface area contributed by atoms with Crippen molar-refractivity contribution in [3.8, 4) is 17.3 Å².